The maximum absolute atomic E-state index is 10.0. The minimum absolute atomic E-state index is 0.329. The van der Waals surface area contributed by atoms with Crippen molar-refractivity contribution in [3.63, 3.8) is 0 Å². The fourth-order valence-electron chi connectivity index (χ4n) is 0.777. The van der Waals surface area contributed by atoms with E-state index in [1.54, 1.807) is 0 Å². The molecule has 0 aromatic heterocycles. The molecule has 20 heavy (non-hydrogen) atoms. The Labute approximate surface area is 113 Å². The minimum Gasteiger partial charge on any atom is -0.435 e. The van der Waals surface area contributed by atoms with E-state index < -0.39 is 11.9 Å². The SMILES string of the molecule is C=COC(C)=O.O=C1C=CC(=O)N1.O=C1C=CC(=O)O1. The van der Waals surface area contributed by atoms with Crippen molar-refractivity contribution in [2.75, 3.05) is 0 Å². The van der Waals surface area contributed by atoms with Gasteiger partial charge in [-0.1, -0.05) is 6.58 Å². The van der Waals surface area contributed by atoms with Gasteiger partial charge in [0.2, 0.25) is 0 Å². The lowest BCUT2D eigenvalue weighted by Crippen LogP contribution is -2.19. The van der Waals surface area contributed by atoms with Crippen molar-refractivity contribution in [2.24, 2.45) is 0 Å². The number of rotatable bonds is 1. The van der Waals surface area contributed by atoms with Gasteiger partial charge in [-0.2, -0.15) is 0 Å². The Hall–Kier alpha value is -3.03. The summed E-state index contributed by atoms with van der Waals surface area (Å²) in [5, 5.41) is 2.03. The smallest absolute Gasteiger partial charge is 0.338 e. The van der Waals surface area contributed by atoms with E-state index in [2.05, 4.69) is 16.1 Å². The summed E-state index contributed by atoms with van der Waals surface area (Å²) in [5.41, 5.74) is 0. The summed E-state index contributed by atoms with van der Waals surface area (Å²) in [6.07, 6.45) is 5.66. The molecule has 0 spiro atoms. The van der Waals surface area contributed by atoms with Crippen molar-refractivity contribution in [1.29, 1.82) is 0 Å². The molecule has 2 amide bonds. The topological polar surface area (TPSA) is 116 Å². The van der Waals surface area contributed by atoms with Crippen molar-refractivity contribution < 1.29 is 33.4 Å². The number of cyclic esters (lactones) is 2. The van der Waals surface area contributed by atoms with Gasteiger partial charge < -0.3 is 9.47 Å². The van der Waals surface area contributed by atoms with E-state index in [4.69, 9.17) is 0 Å². The van der Waals surface area contributed by atoms with Gasteiger partial charge >= 0.3 is 17.9 Å². The summed E-state index contributed by atoms with van der Waals surface area (Å²) in [4.78, 5) is 49.7. The van der Waals surface area contributed by atoms with Crippen LogP contribution in [0.25, 0.3) is 0 Å². The standard InChI is InChI=1S/C4H3NO2.C4H2O3.C4H6O2/c6-3-1-2-4(7)5-3;5-3-1-2-4(6)7-3;1-3-6-4(2)5/h1-2H,(H,5,6,7);1-2H;3H,1H2,2H3. The van der Waals surface area contributed by atoms with Crippen LogP contribution in [0, 0.1) is 0 Å². The van der Waals surface area contributed by atoms with Crippen LogP contribution in [-0.2, 0) is 33.4 Å². The van der Waals surface area contributed by atoms with Crippen LogP contribution < -0.4 is 5.32 Å². The maximum atomic E-state index is 10.0. The van der Waals surface area contributed by atoms with Crippen LogP contribution in [0.1, 0.15) is 6.92 Å². The average Bonchev–Trinajstić information content (AvgIpc) is 2.89. The Morgan fingerprint density at radius 3 is 1.65 bits per heavy atom. The number of ether oxygens (including phenoxy) is 2. The highest BCUT2D eigenvalue weighted by atomic mass is 16.6. The summed E-state index contributed by atoms with van der Waals surface area (Å²) in [5.74, 6) is -2.14. The second kappa shape index (κ2) is 8.97. The van der Waals surface area contributed by atoms with Gasteiger partial charge in [0.15, 0.2) is 0 Å². The largest absolute Gasteiger partial charge is 0.435 e. The van der Waals surface area contributed by atoms with E-state index in [1.807, 2.05) is 5.32 Å². The summed E-state index contributed by atoms with van der Waals surface area (Å²) in [6, 6.07) is 0. The molecular weight excluding hydrogens is 270 g/mol. The molecule has 0 unspecified atom stereocenters. The number of hydrogen-bond donors (Lipinski definition) is 1. The van der Waals surface area contributed by atoms with Gasteiger partial charge in [0.25, 0.3) is 11.8 Å². The zero-order valence-electron chi connectivity index (χ0n) is 10.5. The molecule has 0 saturated heterocycles. The summed E-state index contributed by atoms with van der Waals surface area (Å²) >= 11 is 0. The Balaban J connectivity index is 0.000000272. The molecular formula is C12H11NO7. The van der Waals surface area contributed by atoms with Crippen molar-refractivity contribution in [2.45, 2.75) is 6.92 Å². The molecule has 1 N–H and O–H groups in total. The summed E-state index contributed by atoms with van der Waals surface area (Å²) in [7, 11) is 0. The third-order valence-corrected chi connectivity index (χ3v) is 1.44. The van der Waals surface area contributed by atoms with Crippen LogP contribution >= 0.6 is 0 Å². The Morgan fingerprint density at radius 2 is 1.55 bits per heavy atom. The molecule has 8 nitrogen and oxygen atoms in total. The highest BCUT2D eigenvalue weighted by molar-refractivity contribution is 6.12. The highest BCUT2D eigenvalue weighted by Crippen LogP contribution is 1.92. The molecule has 2 rings (SSSR count). The molecule has 8 heteroatoms. The number of esters is 3. The molecule has 106 valence electrons. The summed E-state index contributed by atoms with van der Waals surface area (Å²) in [6.45, 7) is 4.48. The predicted molar refractivity (Wildman–Crippen MR) is 64.5 cm³/mol. The van der Waals surface area contributed by atoms with Crippen LogP contribution in [0.2, 0.25) is 0 Å². The van der Waals surface area contributed by atoms with E-state index in [0.717, 1.165) is 18.4 Å². The lowest BCUT2D eigenvalue weighted by molar-refractivity contribution is -0.150. The quantitative estimate of drug-likeness (QED) is 0.298. The molecule has 0 aliphatic carbocycles. The lowest BCUT2D eigenvalue weighted by Gasteiger charge is -1.83. The van der Waals surface area contributed by atoms with E-state index >= 15 is 0 Å². The fraction of sp³-hybridized carbons (Fsp3) is 0.0833. The Kier molecular flexibility index (Phi) is 7.61. The van der Waals surface area contributed by atoms with Crippen LogP contribution in [0.5, 0.6) is 0 Å². The van der Waals surface area contributed by atoms with Gasteiger partial charge in [-0.25, -0.2) is 9.59 Å². The minimum atomic E-state index is -0.579. The normalized spacial score (nSPS) is 14.4. The first kappa shape index (κ1) is 17.0. The van der Waals surface area contributed by atoms with Gasteiger partial charge in [-0.05, 0) is 0 Å². The summed E-state index contributed by atoms with van der Waals surface area (Å²) < 4.78 is 8.14. The van der Waals surface area contributed by atoms with E-state index in [1.165, 1.54) is 19.1 Å². The second-order valence-corrected chi connectivity index (χ2v) is 3.04. The monoisotopic (exact) mass is 281 g/mol. The van der Waals surface area contributed by atoms with Crippen molar-refractivity contribution in [1.82, 2.24) is 5.32 Å². The lowest BCUT2D eigenvalue weighted by atomic mass is 10.6. The molecule has 2 aliphatic rings. The first-order valence-corrected chi connectivity index (χ1v) is 5.10. The van der Waals surface area contributed by atoms with Crippen LogP contribution in [0.3, 0.4) is 0 Å². The van der Waals surface area contributed by atoms with E-state index in [9.17, 15) is 24.0 Å². The third-order valence-electron chi connectivity index (χ3n) is 1.44. The molecule has 0 radical (unpaired) electrons. The highest BCUT2D eigenvalue weighted by Gasteiger charge is 2.10. The van der Waals surface area contributed by atoms with Gasteiger partial charge in [-0.3, -0.25) is 19.7 Å². The molecule has 0 aromatic rings. The number of amides is 2. The molecule has 0 bridgehead atoms. The molecule has 0 saturated carbocycles. The second-order valence-electron chi connectivity index (χ2n) is 3.04. The van der Waals surface area contributed by atoms with Crippen LogP contribution in [-0.4, -0.2) is 29.7 Å². The van der Waals surface area contributed by atoms with Crippen molar-refractivity contribution >= 4 is 29.7 Å². The molecule has 0 aromatic carbocycles. The van der Waals surface area contributed by atoms with Crippen LogP contribution in [0.4, 0.5) is 0 Å². The zero-order valence-corrected chi connectivity index (χ0v) is 10.5. The van der Waals surface area contributed by atoms with Gasteiger partial charge in [0.1, 0.15) is 0 Å². The number of carbonyl (C=O) groups is 5. The third kappa shape index (κ3) is 9.05. The first-order chi connectivity index (χ1) is 9.35. The Morgan fingerprint density at radius 1 is 1.10 bits per heavy atom. The van der Waals surface area contributed by atoms with Crippen molar-refractivity contribution in [3.8, 4) is 0 Å². The van der Waals surface area contributed by atoms with Gasteiger partial charge in [0.05, 0.1) is 6.26 Å². The number of carbonyl (C=O) groups excluding carboxylic acids is 5. The number of imide groups is 1. The van der Waals surface area contributed by atoms with Gasteiger partial charge in [-0.15, -0.1) is 0 Å². The van der Waals surface area contributed by atoms with Gasteiger partial charge in [0, 0.05) is 31.2 Å². The zero-order chi connectivity index (χ0) is 15.5. The molecule has 0 atom stereocenters. The predicted octanol–water partition coefficient (Wildman–Crippen LogP) is -0.482. The molecule has 2 heterocycles. The van der Waals surface area contributed by atoms with Crippen LogP contribution in [0.15, 0.2) is 37.1 Å². The molecule has 0 fully saturated rings. The van der Waals surface area contributed by atoms with E-state index in [0.29, 0.717) is 0 Å². The Bertz CT molecular complexity index is 434. The fourth-order valence-corrected chi connectivity index (χ4v) is 0.777. The average molecular weight is 281 g/mol. The maximum Gasteiger partial charge on any atom is 0.338 e. The van der Waals surface area contributed by atoms with E-state index in [-0.39, 0.29) is 17.8 Å². The number of hydrogen-bond acceptors (Lipinski definition) is 7. The van der Waals surface area contributed by atoms with Crippen molar-refractivity contribution in [3.05, 3.63) is 37.1 Å². The molecule has 2 aliphatic heterocycles. The number of nitrogens with one attached hydrogen (secondary N) is 1. The first-order valence-electron chi connectivity index (χ1n) is 5.10.